The Balaban J connectivity index is 2.16. The first-order valence-electron chi connectivity index (χ1n) is 6.44. The molecule has 0 saturated heterocycles. The monoisotopic (exact) mass is 277 g/mol. The summed E-state index contributed by atoms with van der Waals surface area (Å²) >= 11 is 0. The van der Waals surface area contributed by atoms with Gasteiger partial charge in [-0.3, -0.25) is 0 Å². The number of rotatable bonds is 5. The fourth-order valence-electron chi connectivity index (χ4n) is 1.93. The summed E-state index contributed by atoms with van der Waals surface area (Å²) in [5, 5.41) is 3.05. The van der Waals surface area contributed by atoms with Crippen molar-refractivity contribution in [1.29, 1.82) is 0 Å². The van der Waals surface area contributed by atoms with Crippen molar-refractivity contribution >= 4 is 0 Å². The van der Waals surface area contributed by atoms with Crippen LogP contribution in [0, 0.1) is 11.6 Å². The van der Waals surface area contributed by atoms with Crippen LogP contribution in [0.25, 0.3) is 0 Å². The van der Waals surface area contributed by atoms with Crippen molar-refractivity contribution in [1.82, 2.24) is 5.32 Å². The van der Waals surface area contributed by atoms with Crippen LogP contribution in [0.3, 0.4) is 0 Å². The van der Waals surface area contributed by atoms with Gasteiger partial charge in [0.25, 0.3) is 0 Å². The van der Waals surface area contributed by atoms with E-state index < -0.39 is 0 Å². The maximum absolute atomic E-state index is 13.3. The lowest BCUT2D eigenvalue weighted by Crippen LogP contribution is -2.14. The van der Waals surface area contributed by atoms with Crippen molar-refractivity contribution in [2.24, 2.45) is 0 Å². The van der Waals surface area contributed by atoms with Gasteiger partial charge in [0.2, 0.25) is 0 Å². The van der Waals surface area contributed by atoms with Crippen LogP contribution in [-0.2, 0) is 6.61 Å². The molecule has 2 aromatic rings. The number of ether oxygens (including phenoxy) is 1. The Morgan fingerprint density at radius 3 is 2.55 bits per heavy atom. The number of nitrogens with one attached hydrogen (secondary N) is 1. The van der Waals surface area contributed by atoms with Gasteiger partial charge in [-0.2, -0.15) is 0 Å². The van der Waals surface area contributed by atoms with E-state index in [9.17, 15) is 8.78 Å². The van der Waals surface area contributed by atoms with E-state index in [1.165, 1.54) is 24.3 Å². The van der Waals surface area contributed by atoms with E-state index in [2.05, 4.69) is 5.32 Å². The molecule has 0 amide bonds. The maximum atomic E-state index is 13.3. The highest BCUT2D eigenvalue weighted by atomic mass is 19.1. The summed E-state index contributed by atoms with van der Waals surface area (Å²) in [5.41, 5.74) is 1.47. The second-order valence-electron chi connectivity index (χ2n) is 4.61. The zero-order valence-corrected chi connectivity index (χ0v) is 11.5. The van der Waals surface area contributed by atoms with Crippen LogP contribution < -0.4 is 10.1 Å². The lowest BCUT2D eigenvalue weighted by atomic mass is 10.1. The summed E-state index contributed by atoms with van der Waals surface area (Å²) in [6.07, 6.45) is 0. The Kier molecular flexibility index (Phi) is 4.69. The molecule has 1 atom stereocenters. The first-order chi connectivity index (χ1) is 9.60. The maximum Gasteiger partial charge on any atom is 0.124 e. The van der Waals surface area contributed by atoms with E-state index in [0.29, 0.717) is 5.75 Å². The molecule has 20 heavy (non-hydrogen) atoms. The summed E-state index contributed by atoms with van der Waals surface area (Å²) in [6, 6.07) is 10.6. The predicted octanol–water partition coefficient (Wildman–Crippen LogP) is 3.82. The molecule has 1 N–H and O–H groups in total. The first kappa shape index (κ1) is 14.5. The molecule has 0 heterocycles. The average Bonchev–Trinajstić information content (AvgIpc) is 2.45. The summed E-state index contributed by atoms with van der Waals surface area (Å²) in [6.45, 7) is 2.16. The number of hydrogen-bond donors (Lipinski definition) is 1. The minimum absolute atomic E-state index is 0.0341. The van der Waals surface area contributed by atoms with Gasteiger partial charge in [-0.25, -0.2) is 8.78 Å². The van der Waals surface area contributed by atoms with Crippen LogP contribution in [0.2, 0.25) is 0 Å². The second-order valence-corrected chi connectivity index (χ2v) is 4.61. The van der Waals surface area contributed by atoms with Gasteiger partial charge in [-0.1, -0.05) is 12.1 Å². The molecule has 0 radical (unpaired) electrons. The second kappa shape index (κ2) is 6.48. The molecule has 0 aliphatic heterocycles. The smallest absolute Gasteiger partial charge is 0.124 e. The van der Waals surface area contributed by atoms with E-state index in [1.54, 1.807) is 25.2 Å². The molecule has 106 valence electrons. The van der Waals surface area contributed by atoms with Gasteiger partial charge >= 0.3 is 0 Å². The number of hydrogen-bond acceptors (Lipinski definition) is 2. The summed E-state index contributed by atoms with van der Waals surface area (Å²) in [4.78, 5) is 0. The van der Waals surface area contributed by atoms with Crippen LogP contribution in [0.1, 0.15) is 24.1 Å². The molecule has 0 spiro atoms. The molecule has 0 aliphatic rings. The Morgan fingerprint density at radius 2 is 1.85 bits per heavy atom. The molecule has 0 bridgehead atoms. The summed E-state index contributed by atoms with van der Waals surface area (Å²) in [5.74, 6) is -0.00765. The fraction of sp³-hybridized carbons (Fsp3) is 0.250. The minimum Gasteiger partial charge on any atom is -0.489 e. The molecule has 0 fully saturated rings. The molecule has 0 aromatic heterocycles. The molecule has 0 aliphatic carbocycles. The Morgan fingerprint density at radius 1 is 1.10 bits per heavy atom. The zero-order chi connectivity index (χ0) is 14.5. The molecule has 1 unspecified atom stereocenters. The third kappa shape index (κ3) is 3.54. The lowest BCUT2D eigenvalue weighted by Gasteiger charge is -2.16. The first-order valence-corrected chi connectivity index (χ1v) is 6.44. The normalized spacial score (nSPS) is 12.2. The van der Waals surface area contributed by atoms with Gasteiger partial charge in [0.1, 0.15) is 24.0 Å². The van der Waals surface area contributed by atoms with E-state index in [0.717, 1.165) is 11.1 Å². The third-order valence-corrected chi connectivity index (χ3v) is 3.15. The number of halogens is 2. The van der Waals surface area contributed by atoms with Gasteiger partial charge in [-0.15, -0.1) is 0 Å². The van der Waals surface area contributed by atoms with Crippen LogP contribution >= 0.6 is 0 Å². The van der Waals surface area contributed by atoms with E-state index >= 15 is 0 Å². The molecule has 2 nitrogen and oxygen atoms in total. The van der Waals surface area contributed by atoms with Crippen LogP contribution in [-0.4, -0.2) is 7.05 Å². The van der Waals surface area contributed by atoms with Gasteiger partial charge in [0.15, 0.2) is 0 Å². The third-order valence-electron chi connectivity index (χ3n) is 3.15. The SMILES string of the molecule is CNC(C)c1cc(F)ccc1OCc1cccc(F)c1. The Labute approximate surface area is 117 Å². The van der Waals surface area contributed by atoms with Crippen molar-refractivity contribution in [3.63, 3.8) is 0 Å². The van der Waals surface area contributed by atoms with E-state index in [1.807, 2.05) is 6.92 Å². The highest BCUT2D eigenvalue weighted by Crippen LogP contribution is 2.26. The molecule has 0 saturated carbocycles. The van der Waals surface area contributed by atoms with Crippen molar-refractivity contribution in [2.45, 2.75) is 19.6 Å². The topological polar surface area (TPSA) is 21.3 Å². The Hall–Kier alpha value is -1.94. The van der Waals surface area contributed by atoms with Crippen LogP contribution in [0.15, 0.2) is 42.5 Å². The average molecular weight is 277 g/mol. The van der Waals surface area contributed by atoms with E-state index in [4.69, 9.17) is 4.74 Å². The van der Waals surface area contributed by atoms with Crippen molar-refractivity contribution in [3.05, 3.63) is 65.2 Å². The highest BCUT2D eigenvalue weighted by Gasteiger charge is 2.11. The Bertz CT molecular complexity index is 586. The van der Waals surface area contributed by atoms with Gasteiger partial charge < -0.3 is 10.1 Å². The van der Waals surface area contributed by atoms with Crippen LogP contribution in [0.4, 0.5) is 8.78 Å². The minimum atomic E-state index is -0.305. The molecule has 2 rings (SSSR count). The van der Waals surface area contributed by atoms with Gasteiger partial charge in [-0.05, 0) is 49.9 Å². The fourth-order valence-corrected chi connectivity index (χ4v) is 1.93. The largest absolute Gasteiger partial charge is 0.489 e. The highest BCUT2D eigenvalue weighted by molar-refractivity contribution is 5.36. The quantitative estimate of drug-likeness (QED) is 0.897. The summed E-state index contributed by atoms with van der Waals surface area (Å²) < 4.78 is 32.1. The van der Waals surface area contributed by atoms with Crippen molar-refractivity contribution in [2.75, 3.05) is 7.05 Å². The molecule has 2 aromatic carbocycles. The standard InChI is InChI=1S/C16H17F2NO/c1-11(19-2)15-9-14(18)6-7-16(15)20-10-12-4-3-5-13(17)8-12/h3-9,11,19H,10H2,1-2H3. The van der Waals surface area contributed by atoms with Crippen molar-refractivity contribution in [3.8, 4) is 5.75 Å². The molecule has 4 heteroatoms. The zero-order valence-electron chi connectivity index (χ0n) is 11.5. The van der Waals surface area contributed by atoms with Gasteiger partial charge in [0.05, 0.1) is 0 Å². The molecular weight excluding hydrogens is 260 g/mol. The predicted molar refractivity (Wildman–Crippen MR) is 74.6 cm³/mol. The van der Waals surface area contributed by atoms with E-state index in [-0.39, 0.29) is 24.3 Å². The van der Waals surface area contributed by atoms with Crippen molar-refractivity contribution < 1.29 is 13.5 Å². The van der Waals surface area contributed by atoms with Gasteiger partial charge in [0, 0.05) is 11.6 Å². The molecular formula is C16H17F2NO. The number of benzene rings is 2. The lowest BCUT2D eigenvalue weighted by molar-refractivity contribution is 0.299. The summed E-state index contributed by atoms with van der Waals surface area (Å²) in [7, 11) is 1.80. The van der Waals surface area contributed by atoms with Crippen LogP contribution in [0.5, 0.6) is 5.75 Å².